The van der Waals surface area contributed by atoms with Crippen molar-refractivity contribution in [2.45, 2.75) is 12.5 Å². The Bertz CT molecular complexity index is 399. The van der Waals surface area contributed by atoms with Gasteiger partial charge in [0.15, 0.2) is 0 Å². The highest BCUT2D eigenvalue weighted by atomic mass is 79.9. The third-order valence-electron chi connectivity index (χ3n) is 1.89. The summed E-state index contributed by atoms with van der Waals surface area (Å²) in [7, 11) is 0. The molecule has 0 aliphatic heterocycles. The second-order valence-corrected chi connectivity index (χ2v) is 4.69. The molecule has 2 heterocycles. The van der Waals surface area contributed by atoms with Gasteiger partial charge in [-0.25, -0.2) is 4.98 Å². The molecule has 0 saturated heterocycles. The van der Waals surface area contributed by atoms with Gasteiger partial charge >= 0.3 is 0 Å². The number of H-pyrrole nitrogens is 1. The number of aliphatic hydroxyl groups is 1. The van der Waals surface area contributed by atoms with Crippen LogP contribution in [0, 0.1) is 0 Å². The van der Waals surface area contributed by atoms with E-state index in [4.69, 9.17) is 0 Å². The van der Waals surface area contributed by atoms with Crippen LogP contribution in [0.1, 0.15) is 16.8 Å². The molecule has 2 aromatic heterocycles. The average Bonchev–Trinajstić information content (AvgIpc) is 2.75. The predicted octanol–water partition coefficient (Wildman–Crippen LogP) is 2.51. The predicted molar refractivity (Wildman–Crippen MR) is 59.3 cm³/mol. The van der Waals surface area contributed by atoms with Gasteiger partial charge in [-0.1, -0.05) is 0 Å². The molecule has 2 rings (SSSR count). The van der Waals surface area contributed by atoms with Gasteiger partial charge in [-0.05, 0) is 27.4 Å². The number of hydrogen-bond donors (Lipinski definition) is 2. The third-order valence-corrected chi connectivity index (χ3v) is 3.86. The van der Waals surface area contributed by atoms with E-state index in [9.17, 15) is 5.11 Å². The first kappa shape index (κ1) is 9.89. The Kier molecular flexibility index (Phi) is 3.00. The average molecular weight is 273 g/mol. The molecule has 0 radical (unpaired) electrons. The molecule has 0 bridgehead atoms. The van der Waals surface area contributed by atoms with Crippen LogP contribution in [-0.2, 0) is 6.42 Å². The zero-order valence-electron chi connectivity index (χ0n) is 7.27. The largest absolute Gasteiger partial charge is 0.387 e. The summed E-state index contributed by atoms with van der Waals surface area (Å²) < 4.78 is 0.960. The monoisotopic (exact) mass is 272 g/mol. The summed E-state index contributed by atoms with van der Waals surface area (Å²) in [6, 6.07) is 1.94. The number of nitrogens with zero attached hydrogens (tertiary/aromatic N) is 1. The summed E-state index contributed by atoms with van der Waals surface area (Å²) in [4.78, 5) is 7.98. The second kappa shape index (κ2) is 4.25. The molecule has 0 fully saturated rings. The summed E-state index contributed by atoms with van der Waals surface area (Å²) in [5.74, 6) is 0.804. The van der Waals surface area contributed by atoms with Gasteiger partial charge in [-0.15, -0.1) is 11.3 Å². The van der Waals surface area contributed by atoms with Gasteiger partial charge in [0.05, 0.1) is 6.10 Å². The van der Waals surface area contributed by atoms with Crippen LogP contribution in [-0.4, -0.2) is 15.1 Å². The summed E-state index contributed by atoms with van der Waals surface area (Å²) in [6.45, 7) is 0. The second-order valence-electron chi connectivity index (χ2n) is 2.89. The number of imidazole rings is 1. The lowest BCUT2D eigenvalue weighted by molar-refractivity contribution is 0.179. The highest BCUT2D eigenvalue weighted by molar-refractivity contribution is 9.10. The van der Waals surface area contributed by atoms with Crippen molar-refractivity contribution in [1.82, 2.24) is 9.97 Å². The van der Waals surface area contributed by atoms with Crippen molar-refractivity contribution < 1.29 is 5.11 Å². The Labute approximate surface area is 93.9 Å². The molecule has 2 N–H and O–H groups in total. The van der Waals surface area contributed by atoms with Gasteiger partial charge in [0.1, 0.15) is 5.82 Å². The topological polar surface area (TPSA) is 48.9 Å². The number of aliphatic hydroxyl groups excluding tert-OH is 1. The van der Waals surface area contributed by atoms with Crippen molar-refractivity contribution in [1.29, 1.82) is 0 Å². The van der Waals surface area contributed by atoms with E-state index < -0.39 is 6.10 Å². The fourth-order valence-electron chi connectivity index (χ4n) is 1.23. The van der Waals surface area contributed by atoms with E-state index in [-0.39, 0.29) is 0 Å². The number of halogens is 1. The summed E-state index contributed by atoms with van der Waals surface area (Å²) in [5, 5.41) is 11.8. The molecule has 0 amide bonds. The Morgan fingerprint density at radius 3 is 3.07 bits per heavy atom. The molecule has 74 valence electrons. The smallest absolute Gasteiger partial charge is 0.108 e. The molecule has 0 aliphatic carbocycles. The first-order valence-electron chi connectivity index (χ1n) is 4.16. The normalized spacial score (nSPS) is 13.0. The van der Waals surface area contributed by atoms with Crippen LogP contribution in [0.15, 0.2) is 28.3 Å². The molecule has 3 nitrogen and oxygen atoms in total. The van der Waals surface area contributed by atoms with Crippen molar-refractivity contribution >= 4 is 27.3 Å². The van der Waals surface area contributed by atoms with E-state index in [0.717, 1.165) is 15.2 Å². The van der Waals surface area contributed by atoms with Crippen molar-refractivity contribution in [3.63, 3.8) is 0 Å². The summed E-state index contributed by atoms with van der Waals surface area (Å²) in [5.41, 5.74) is 0. The number of rotatable bonds is 3. The Hall–Kier alpha value is -0.650. The van der Waals surface area contributed by atoms with Crippen molar-refractivity contribution in [2.75, 3.05) is 0 Å². The molecule has 1 unspecified atom stereocenters. The van der Waals surface area contributed by atoms with E-state index in [1.807, 2.05) is 11.4 Å². The fourth-order valence-corrected chi connectivity index (χ4v) is 2.85. The molecule has 14 heavy (non-hydrogen) atoms. The number of aromatic nitrogens is 2. The van der Waals surface area contributed by atoms with E-state index in [0.29, 0.717) is 6.42 Å². The van der Waals surface area contributed by atoms with Crippen molar-refractivity contribution in [2.24, 2.45) is 0 Å². The van der Waals surface area contributed by atoms with E-state index in [1.54, 1.807) is 23.7 Å². The van der Waals surface area contributed by atoms with Gasteiger partial charge in [0.25, 0.3) is 0 Å². The number of hydrogen-bond acceptors (Lipinski definition) is 3. The molecule has 0 saturated carbocycles. The lowest BCUT2D eigenvalue weighted by Gasteiger charge is -2.06. The van der Waals surface area contributed by atoms with Crippen molar-refractivity contribution in [3.8, 4) is 0 Å². The zero-order valence-corrected chi connectivity index (χ0v) is 9.68. The molecule has 0 aromatic carbocycles. The minimum atomic E-state index is -0.490. The fraction of sp³-hybridized carbons (Fsp3) is 0.222. The number of thiophene rings is 1. The van der Waals surface area contributed by atoms with Crippen LogP contribution >= 0.6 is 27.3 Å². The van der Waals surface area contributed by atoms with Gasteiger partial charge in [0, 0.05) is 28.2 Å². The maximum absolute atomic E-state index is 9.88. The minimum Gasteiger partial charge on any atom is -0.387 e. The highest BCUT2D eigenvalue weighted by Gasteiger charge is 2.14. The van der Waals surface area contributed by atoms with Crippen LogP contribution in [0.2, 0.25) is 0 Å². The molecule has 0 spiro atoms. The Balaban J connectivity index is 2.10. The van der Waals surface area contributed by atoms with Crippen LogP contribution in [0.25, 0.3) is 0 Å². The first-order valence-corrected chi connectivity index (χ1v) is 5.84. The maximum Gasteiger partial charge on any atom is 0.108 e. The molecule has 1 atom stereocenters. The van der Waals surface area contributed by atoms with E-state index in [2.05, 4.69) is 25.9 Å². The SMILES string of the molecule is OC(Cc1ncc[nH]1)c1sccc1Br. The Morgan fingerprint density at radius 1 is 1.64 bits per heavy atom. The summed E-state index contributed by atoms with van der Waals surface area (Å²) in [6.07, 6.45) is 3.47. The standard InChI is InChI=1S/C9H9BrN2OS/c10-6-1-4-14-9(6)7(13)5-8-11-2-3-12-8/h1-4,7,13H,5H2,(H,11,12). The lowest BCUT2D eigenvalue weighted by atomic mass is 10.2. The first-order chi connectivity index (χ1) is 6.77. The van der Waals surface area contributed by atoms with Gasteiger partial charge < -0.3 is 10.1 Å². The van der Waals surface area contributed by atoms with Gasteiger partial charge in [-0.3, -0.25) is 0 Å². The van der Waals surface area contributed by atoms with Gasteiger partial charge in [-0.2, -0.15) is 0 Å². The van der Waals surface area contributed by atoms with E-state index >= 15 is 0 Å². The van der Waals surface area contributed by atoms with Crippen LogP contribution in [0.4, 0.5) is 0 Å². The lowest BCUT2D eigenvalue weighted by Crippen LogP contribution is -2.01. The minimum absolute atomic E-state index is 0.490. The van der Waals surface area contributed by atoms with Crippen LogP contribution in [0.3, 0.4) is 0 Å². The molecule has 2 aromatic rings. The maximum atomic E-state index is 9.88. The quantitative estimate of drug-likeness (QED) is 0.902. The molecule has 0 aliphatic rings. The molecular formula is C9H9BrN2OS. The number of aromatic amines is 1. The molecule has 5 heteroatoms. The van der Waals surface area contributed by atoms with Crippen molar-refractivity contribution in [3.05, 3.63) is 39.0 Å². The van der Waals surface area contributed by atoms with E-state index in [1.165, 1.54) is 0 Å². The van der Waals surface area contributed by atoms with Gasteiger partial charge in [0.2, 0.25) is 0 Å². The zero-order chi connectivity index (χ0) is 9.97. The molecular weight excluding hydrogens is 264 g/mol. The number of nitrogens with one attached hydrogen (secondary N) is 1. The summed E-state index contributed by atoms with van der Waals surface area (Å²) >= 11 is 4.93. The van der Waals surface area contributed by atoms with Crippen LogP contribution in [0.5, 0.6) is 0 Å². The highest BCUT2D eigenvalue weighted by Crippen LogP contribution is 2.30. The third kappa shape index (κ3) is 2.05. The van der Waals surface area contributed by atoms with Crippen LogP contribution < -0.4 is 0 Å². The Morgan fingerprint density at radius 2 is 2.50 bits per heavy atom.